The van der Waals surface area contributed by atoms with Crippen molar-refractivity contribution in [3.8, 4) is 11.5 Å². The van der Waals surface area contributed by atoms with Gasteiger partial charge in [-0.05, 0) is 42.8 Å². The molecule has 0 unspecified atom stereocenters. The van der Waals surface area contributed by atoms with Crippen LogP contribution in [0.5, 0.6) is 11.5 Å². The second-order valence-electron chi connectivity index (χ2n) is 7.28. The molecule has 2 aliphatic rings. The average Bonchev–Trinajstić information content (AvgIpc) is 3.42. The zero-order valence-electron chi connectivity index (χ0n) is 16.7. The number of aryl methyl sites for hydroxylation is 1. The predicted octanol–water partition coefficient (Wildman–Crippen LogP) is 3.25. The van der Waals surface area contributed by atoms with Crippen molar-refractivity contribution >= 4 is 34.2 Å². The maximum atomic E-state index is 12.7. The smallest absolute Gasteiger partial charge is 0.261 e. The molecule has 0 saturated carbocycles. The summed E-state index contributed by atoms with van der Waals surface area (Å²) in [7, 11) is 1.42. The van der Waals surface area contributed by atoms with Crippen molar-refractivity contribution in [1.29, 1.82) is 0 Å². The number of carbonyl (C=O) groups is 3. The Bertz CT molecular complexity index is 1270. The number of carbonyl (C=O) groups excluding carboxylic acids is 3. The van der Waals surface area contributed by atoms with Crippen LogP contribution in [0, 0.1) is 6.92 Å². The van der Waals surface area contributed by atoms with E-state index in [9.17, 15) is 14.4 Å². The third-order valence-electron chi connectivity index (χ3n) is 5.27. The molecule has 2 aliphatic heterocycles. The van der Waals surface area contributed by atoms with Gasteiger partial charge in [0.1, 0.15) is 0 Å². The van der Waals surface area contributed by atoms with E-state index >= 15 is 0 Å². The van der Waals surface area contributed by atoms with Gasteiger partial charge in [0.2, 0.25) is 6.79 Å². The SMILES string of the molecule is Cc1nc(NC(=O)c2ccc3c(c2)C(=O)N(C)C3=O)sc1Cc1ccc2c(c1)OCO2. The van der Waals surface area contributed by atoms with E-state index in [1.165, 1.54) is 36.6 Å². The topological polar surface area (TPSA) is 97.8 Å². The molecule has 0 spiro atoms. The fourth-order valence-corrected chi connectivity index (χ4v) is 4.55. The van der Waals surface area contributed by atoms with Gasteiger partial charge in [-0.25, -0.2) is 4.98 Å². The predicted molar refractivity (Wildman–Crippen MR) is 113 cm³/mol. The summed E-state index contributed by atoms with van der Waals surface area (Å²) in [6.45, 7) is 2.12. The summed E-state index contributed by atoms with van der Waals surface area (Å²) in [4.78, 5) is 43.4. The molecule has 0 aliphatic carbocycles. The van der Waals surface area contributed by atoms with Crippen LogP contribution in [0.2, 0.25) is 0 Å². The lowest BCUT2D eigenvalue weighted by Crippen LogP contribution is -2.24. The molecule has 0 atom stereocenters. The van der Waals surface area contributed by atoms with Crippen LogP contribution in [0.4, 0.5) is 5.13 Å². The van der Waals surface area contributed by atoms with Gasteiger partial charge in [-0.15, -0.1) is 11.3 Å². The number of aromatic nitrogens is 1. The Morgan fingerprint density at radius 2 is 1.87 bits per heavy atom. The van der Waals surface area contributed by atoms with Crippen LogP contribution < -0.4 is 14.8 Å². The largest absolute Gasteiger partial charge is 0.454 e. The van der Waals surface area contributed by atoms with Gasteiger partial charge in [0.15, 0.2) is 16.6 Å². The van der Waals surface area contributed by atoms with Crippen LogP contribution in [0.15, 0.2) is 36.4 Å². The fraction of sp³-hybridized carbons (Fsp3) is 0.182. The van der Waals surface area contributed by atoms with Crippen LogP contribution in [-0.2, 0) is 6.42 Å². The van der Waals surface area contributed by atoms with E-state index in [0.717, 1.165) is 32.5 Å². The quantitative estimate of drug-likeness (QED) is 0.632. The van der Waals surface area contributed by atoms with Crippen molar-refractivity contribution in [3.63, 3.8) is 0 Å². The molecule has 0 saturated heterocycles. The molecule has 9 heteroatoms. The highest BCUT2D eigenvalue weighted by atomic mass is 32.1. The van der Waals surface area contributed by atoms with Crippen molar-refractivity contribution in [2.24, 2.45) is 0 Å². The molecule has 3 heterocycles. The van der Waals surface area contributed by atoms with Gasteiger partial charge in [-0.1, -0.05) is 6.07 Å². The number of nitrogens with one attached hydrogen (secondary N) is 1. The molecule has 0 radical (unpaired) electrons. The number of hydrogen-bond acceptors (Lipinski definition) is 7. The maximum Gasteiger partial charge on any atom is 0.261 e. The van der Waals surface area contributed by atoms with Crippen LogP contribution in [0.25, 0.3) is 0 Å². The van der Waals surface area contributed by atoms with E-state index in [4.69, 9.17) is 9.47 Å². The first-order valence-electron chi connectivity index (χ1n) is 9.53. The zero-order chi connectivity index (χ0) is 21.7. The number of imide groups is 1. The lowest BCUT2D eigenvalue weighted by molar-refractivity contribution is 0.0693. The second-order valence-corrected chi connectivity index (χ2v) is 8.36. The summed E-state index contributed by atoms with van der Waals surface area (Å²) in [5.41, 5.74) is 2.72. The van der Waals surface area contributed by atoms with Crippen molar-refractivity contribution in [2.75, 3.05) is 19.2 Å². The van der Waals surface area contributed by atoms with Crippen molar-refractivity contribution in [2.45, 2.75) is 13.3 Å². The number of anilines is 1. The first-order valence-corrected chi connectivity index (χ1v) is 10.3. The van der Waals surface area contributed by atoms with E-state index in [2.05, 4.69) is 10.3 Å². The first-order chi connectivity index (χ1) is 14.9. The van der Waals surface area contributed by atoms with E-state index in [1.807, 2.05) is 25.1 Å². The molecule has 3 aromatic rings. The van der Waals surface area contributed by atoms with E-state index in [0.29, 0.717) is 22.7 Å². The van der Waals surface area contributed by atoms with Crippen LogP contribution in [-0.4, -0.2) is 41.4 Å². The Labute approximate surface area is 181 Å². The molecular formula is C22H17N3O5S. The molecule has 5 rings (SSSR count). The summed E-state index contributed by atoms with van der Waals surface area (Å²) < 4.78 is 10.8. The van der Waals surface area contributed by atoms with Gasteiger partial charge in [0.05, 0.1) is 16.8 Å². The van der Waals surface area contributed by atoms with Crippen LogP contribution in [0.3, 0.4) is 0 Å². The van der Waals surface area contributed by atoms with Gasteiger partial charge in [0.25, 0.3) is 17.7 Å². The Balaban J connectivity index is 1.33. The number of rotatable bonds is 4. The Morgan fingerprint density at radius 3 is 2.71 bits per heavy atom. The minimum Gasteiger partial charge on any atom is -0.454 e. The number of fused-ring (bicyclic) bond motifs is 2. The molecule has 2 aromatic carbocycles. The molecule has 3 amide bonds. The Kier molecular flexibility index (Phi) is 4.48. The van der Waals surface area contributed by atoms with Crippen LogP contribution >= 0.6 is 11.3 Å². The summed E-state index contributed by atoms with van der Waals surface area (Å²) in [5, 5.41) is 3.26. The van der Waals surface area contributed by atoms with Gasteiger partial charge in [-0.3, -0.25) is 24.6 Å². The average molecular weight is 435 g/mol. The van der Waals surface area contributed by atoms with Gasteiger partial charge in [0, 0.05) is 23.9 Å². The Hall–Kier alpha value is -3.72. The molecule has 1 aromatic heterocycles. The highest BCUT2D eigenvalue weighted by molar-refractivity contribution is 7.15. The number of benzene rings is 2. The van der Waals surface area contributed by atoms with E-state index in [1.54, 1.807) is 0 Å². The van der Waals surface area contributed by atoms with Crippen LogP contribution in [0.1, 0.15) is 47.2 Å². The number of hydrogen-bond donors (Lipinski definition) is 1. The molecule has 0 bridgehead atoms. The van der Waals surface area contributed by atoms with Crippen molar-refractivity contribution in [1.82, 2.24) is 9.88 Å². The van der Waals surface area contributed by atoms with E-state index < -0.39 is 5.91 Å². The zero-order valence-corrected chi connectivity index (χ0v) is 17.5. The van der Waals surface area contributed by atoms with E-state index in [-0.39, 0.29) is 24.2 Å². The maximum absolute atomic E-state index is 12.7. The van der Waals surface area contributed by atoms with Crippen molar-refractivity contribution in [3.05, 3.63) is 69.2 Å². The third kappa shape index (κ3) is 3.32. The highest BCUT2D eigenvalue weighted by Gasteiger charge is 2.33. The molecular weight excluding hydrogens is 418 g/mol. The monoisotopic (exact) mass is 435 g/mol. The van der Waals surface area contributed by atoms with Gasteiger partial charge in [-0.2, -0.15) is 0 Å². The molecule has 31 heavy (non-hydrogen) atoms. The molecule has 8 nitrogen and oxygen atoms in total. The number of amides is 3. The lowest BCUT2D eigenvalue weighted by Gasteiger charge is -2.03. The first kappa shape index (κ1) is 19.3. The molecule has 156 valence electrons. The number of ether oxygens (including phenoxy) is 2. The second kappa shape index (κ2) is 7.21. The summed E-state index contributed by atoms with van der Waals surface area (Å²) in [6.07, 6.45) is 0.651. The van der Waals surface area contributed by atoms with Crippen molar-refractivity contribution < 1.29 is 23.9 Å². The molecule has 1 N–H and O–H groups in total. The molecule has 0 fully saturated rings. The summed E-state index contributed by atoms with van der Waals surface area (Å²) in [6, 6.07) is 10.3. The number of thiazole rings is 1. The summed E-state index contributed by atoms with van der Waals surface area (Å²) in [5.74, 6) is 0.296. The summed E-state index contributed by atoms with van der Waals surface area (Å²) >= 11 is 1.39. The third-order valence-corrected chi connectivity index (χ3v) is 6.34. The van der Waals surface area contributed by atoms with Gasteiger partial charge >= 0.3 is 0 Å². The minimum atomic E-state index is -0.411. The highest BCUT2D eigenvalue weighted by Crippen LogP contribution is 2.34. The normalized spacial score (nSPS) is 14.2. The minimum absolute atomic E-state index is 0.229. The van der Waals surface area contributed by atoms with Gasteiger partial charge < -0.3 is 9.47 Å². The fourth-order valence-electron chi connectivity index (χ4n) is 3.55. The lowest BCUT2D eigenvalue weighted by atomic mass is 10.1. The standard InChI is InChI=1S/C22H17N3O5S/c1-11-18(8-12-3-6-16-17(7-12)30-10-29-16)31-22(23-11)24-19(26)13-4-5-14-15(9-13)21(28)25(2)20(14)27/h3-7,9H,8,10H2,1-2H3,(H,23,24,26). The Morgan fingerprint density at radius 1 is 1.10 bits per heavy atom. The number of nitrogens with zero attached hydrogens (tertiary/aromatic N) is 2.